The number of halogens is 1. The third-order valence-electron chi connectivity index (χ3n) is 3.75. The van der Waals surface area contributed by atoms with Gasteiger partial charge < -0.3 is 15.2 Å². The van der Waals surface area contributed by atoms with Crippen LogP contribution in [-0.4, -0.2) is 33.8 Å². The summed E-state index contributed by atoms with van der Waals surface area (Å²) in [5.74, 6) is -0.281. The molecule has 6 nitrogen and oxygen atoms in total. The Bertz CT molecular complexity index is 738. The summed E-state index contributed by atoms with van der Waals surface area (Å²) in [4.78, 5) is 19.9. The second-order valence-corrected chi connectivity index (χ2v) is 5.55. The molecule has 1 aromatic carbocycles. The van der Waals surface area contributed by atoms with Crippen LogP contribution < -0.4 is 5.32 Å². The summed E-state index contributed by atoms with van der Waals surface area (Å²) in [5, 5.41) is 13.4. The number of nitrogens with zero attached hydrogens (tertiary/aromatic N) is 2. The van der Waals surface area contributed by atoms with E-state index in [1.165, 1.54) is 6.20 Å². The van der Waals surface area contributed by atoms with Crippen LogP contribution in [0.15, 0.2) is 30.5 Å². The molecule has 1 aliphatic rings. The molecule has 0 unspecified atom stereocenters. The maximum Gasteiger partial charge on any atom is 0.343 e. The summed E-state index contributed by atoms with van der Waals surface area (Å²) >= 11 is 5.84. The number of aliphatic hydroxyl groups is 1. The fourth-order valence-corrected chi connectivity index (χ4v) is 2.86. The number of hydrogen-bond donors (Lipinski definition) is 2. The third kappa shape index (κ3) is 3.13. The van der Waals surface area contributed by atoms with Gasteiger partial charge in [0.2, 0.25) is 5.28 Å². The van der Waals surface area contributed by atoms with Crippen molar-refractivity contribution in [2.75, 3.05) is 11.9 Å². The zero-order chi connectivity index (χ0) is 16.4. The first kappa shape index (κ1) is 15.7. The zero-order valence-corrected chi connectivity index (χ0v) is 13.2. The molecule has 2 atom stereocenters. The van der Waals surface area contributed by atoms with Crippen LogP contribution >= 0.6 is 11.6 Å². The normalized spacial score (nSPS) is 19.3. The first-order valence-corrected chi connectivity index (χ1v) is 7.70. The number of nitrogens with one attached hydrogen (secondary N) is 1. The Labute approximate surface area is 138 Å². The Balaban J connectivity index is 1.94. The molecule has 1 heterocycles. The van der Waals surface area contributed by atoms with Gasteiger partial charge in [-0.3, -0.25) is 0 Å². The van der Waals surface area contributed by atoms with Crippen molar-refractivity contribution in [1.29, 1.82) is 0 Å². The molecule has 2 N–H and O–H groups in total. The molecule has 0 amide bonds. The molecular formula is C16H16ClN3O3. The lowest BCUT2D eigenvalue weighted by Gasteiger charge is -2.20. The van der Waals surface area contributed by atoms with Gasteiger partial charge in [0.15, 0.2) is 0 Å². The van der Waals surface area contributed by atoms with Gasteiger partial charge in [-0.1, -0.05) is 24.3 Å². The first-order chi connectivity index (χ1) is 11.1. The van der Waals surface area contributed by atoms with E-state index in [4.69, 9.17) is 16.3 Å². The minimum absolute atomic E-state index is 0.0151. The lowest BCUT2D eigenvalue weighted by molar-refractivity contribution is 0.0526. The number of ether oxygens (including phenoxy) is 1. The zero-order valence-electron chi connectivity index (χ0n) is 12.5. The molecule has 1 aromatic heterocycles. The van der Waals surface area contributed by atoms with E-state index in [1.54, 1.807) is 6.92 Å². The van der Waals surface area contributed by atoms with Crippen LogP contribution in [0.1, 0.15) is 34.5 Å². The predicted octanol–water partition coefficient (Wildman–Crippen LogP) is 2.38. The standard InChI is InChI=1S/C16H16ClN3O3/c1-2-23-15(22)11-8-18-16(17)20-14(11)19-13-10-6-4-3-5-9(10)7-12(13)21/h3-6,8,12-13,21H,2,7H2,1H3,(H,18,19,20)/t12-,13+/m1/s1. The molecule has 0 saturated heterocycles. The Hall–Kier alpha value is -2.18. The fourth-order valence-electron chi connectivity index (χ4n) is 2.72. The van der Waals surface area contributed by atoms with Gasteiger partial charge >= 0.3 is 5.97 Å². The smallest absolute Gasteiger partial charge is 0.343 e. The number of rotatable bonds is 4. The summed E-state index contributed by atoms with van der Waals surface area (Å²) in [7, 11) is 0. The van der Waals surface area contributed by atoms with Crippen LogP contribution in [-0.2, 0) is 11.2 Å². The molecule has 120 valence electrons. The van der Waals surface area contributed by atoms with Crippen molar-refractivity contribution in [3.63, 3.8) is 0 Å². The quantitative estimate of drug-likeness (QED) is 0.660. The summed E-state index contributed by atoms with van der Waals surface area (Å²) in [6.07, 6.45) is 1.25. The van der Waals surface area contributed by atoms with Gasteiger partial charge in [0.05, 0.1) is 18.8 Å². The molecular weight excluding hydrogens is 318 g/mol. The maximum absolute atomic E-state index is 12.0. The van der Waals surface area contributed by atoms with Crippen LogP contribution in [0, 0.1) is 0 Å². The van der Waals surface area contributed by atoms with E-state index < -0.39 is 12.1 Å². The number of hydrogen-bond acceptors (Lipinski definition) is 6. The van der Waals surface area contributed by atoms with E-state index in [-0.39, 0.29) is 29.3 Å². The molecule has 0 bridgehead atoms. The minimum Gasteiger partial charge on any atom is -0.462 e. The van der Waals surface area contributed by atoms with Crippen LogP contribution in [0.25, 0.3) is 0 Å². The SMILES string of the molecule is CCOC(=O)c1cnc(Cl)nc1N[C@H]1c2ccccc2C[C@H]1O. The van der Waals surface area contributed by atoms with E-state index in [9.17, 15) is 9.90 Å². The Morgan fingerprint density at radius 3 is 3.04 bits per heavy atom. The van der Waals surface area contributed by atoms with E-state index >= 15 is 0 Å². The van der Waals surface area contributed by atoms with Crippen LogP contribution in [0.4, 0.5) is 5.82 Å². The number of benzene rings is 1. The number of fused-ring (bicyclic) bond motifs is 1. The van der Waals surface area contributed by atoms with E-state index in [1.807, 2.05) is 24.3 Å². The van der Waals surface area contributed by atoms with Crippen molar-refractivity contribution < 1.29 is 14.6 Å². The first-order valence-electron chi connectivity index (χ1n) is 7.32. The largest absolute Gasteiger partial charge is 0.462 e. The maximum atomic E-state index is 12.0. The van der Waals surface area contributed by atoms with Gasteiger partial charge in [0.25, 0.3) is 0 Å². The number of carbonyl (C=O) groups is 1. The van der Waals surface area contributed by atoms with Gasteiger partial charge in [-0.05, 0) is 29.7 Å². The van der Waals surface area contributed by atoms with Gasteiger partial charge in [0, 0.05) is 12.6 Å². The lowest BCUT2D eigenvalue weighted by atomic mass is 10.1. The fraction of sp³-hybridized carbons (Fsp3) is 0.312. The number of esters is 1. The van der Waals surface area contributed by atoms with Crippen molar-refractivity contribution in [3.05, 3.63) is 52.4 Å². The third-order valence-corrected chi connectivity index (χ3v) is 3.93. The number of aliphatic hydroxyl groups excluding tert-OH is 1. The topological polar surface area (TPSA) is 84.3 Å². The van der Waals surface area contributed by atoms with Crippen molar-refractivity contribution in [3.8, 4) is 0 Å². The van der Waals surface area contributed by atoms with Crippen molar-refractivity contribution >= 4 is 23.4 Å². The highest BCUT2D eigenvalue weighted by Gasteiger charge is 2.32. The molecule has 23 heavy (non-hydrogen) atoms. The van der Waals surface area contributed by atoms with Gasteiger partial charge in [-0.25, -0.2) is 9.78 Å². The molecule has 0 radical (unpaired) electrons. The van der Waals surface area contributed by atoms with Gasteiger partial charge in [0.1, 0.15) is 11.4 Å². The summed E-state index contributed by atoms with van der Waals surface area (Å²) in [6, 6.07) is 7.38. The number of carbonyl (C=O) groups excluding carboxylic acids is 1. The summed E-state index contributed by atoms with van der Waals surface area (Å²) in [5.41, 5.74) is 2.23. The van der Waals surface area contributed by atoms with E-state index in [0.29, 0.717) is 6.42 Å². The molecule has 3 rings (SSSR count). The minimum atomic E-state index is -0.615. The van der Waals surface area contributed by atoms with Crippen LogP contribution in [0.5, 0.6) is 0 Å². The molecule has 7 heteroatoms. The Morgan fingerprint density at radius 1 is 1.48 bits per heavy atom. The Morgan fingerprint density at radius 2 is 2.26 bits per heavy atom. The molecule has 0 aliphatic heterocycles. The highest BCUT2D eigenvalue weighted by atomic mass is 35.5. The molecule has 2 aromatic rings. The van der Waals surface area contributed by atoms with Gasteiger partial charge in [-0.2, -0.15) is 4.98 Å². The van der Waals surface area contributed by atoms with Gasteiger partial charge in [-0.15, -0.1) is 0 Å². The Kier molecular flexibility index (Phi) is 4.45. The second-order valence-electron chi connectivity index (χ2n) is 5.21. The highest BCUT2D eigenvalue weighted by molar-refractivity contribution is 6.28. The highest BCUT2D eigenvalue weighted by Crippen LogP contribution is 2.34. The molecule has 0 fully saturated rings. The van der Waals surface area contributed by atoms with Crippen LogP contribution in [0.3, 0.4) is 0 Å². The van der Waals surface area contributed by atoms with Crippen molar-refractivity contribution in [2.24, 2.45) is 0 Å². The molecule has 1 aliphatic carbocycles. The second kappa shape index (κ2) is 6.52. The van der Waals surface area contributed by atoms with E-state index in [2.05, 4.69) is 15.3 Å². The number of aromatic nitrogens is 2. The molecule has 0 spiro atoms. The lowest BCUT2D eigenvalue weighted by Crippen LogP contribution is -2.23. The summed E-state index contributed by atoms with van der Waals surface area (Å²) in [6.45, 7) is 1.97. The summed E-state index contributed by atoms with van der Waals surface area (Å²) < 4.78 is 5.00. The number of anilines is 1. The van der Waals surface area contributed by atoms with E-state index in [0.717, 1.165) is 11.1 Å². The molecule has 0 saturated carbocycles. The monoisotopic (exact) mass is 333 g/mol. The average molecular weight is 334 g/mol. The van der Waals surface area contributed by atoms with Crippen LogP contribution in [0.2, 0.25) is 5.28 Å². The average Bonchev–Trinajstić information content (AvgIpc) is 2.84. The van der Waals surface area contributed by atoms with Crippen molar-refractivity contribution in [1.82, 2.24) is 9.97 Å². The predicted molar refractivity (Wildman–Crippen MR) is 85.5 cm³/mol. The van der Waals surface area contributed by atoms with Crippen molar-refractivity contribution in [2.45, 2.75) is 25.5 Å².